The highest BCUT2D eigenvalue weighted by molar-refractivity contribution is 5.42. The van der Waals surface area contributed by atoms with Gasteiger partial charge in [-0.1, -0.05) is 13.8 Å². The van der Waals surface area contributed by atoms with Crippen molar-refractivity contribution in [2.45, 2.75) is 40.0 Å². The van der Waals surface area contributed by atoms with Crippen molar-refractivity contribution in [3.05, 3.63) is 11.8 Å². The fourth-order valence-corrected chi connectivity index (χ4v) is 2.72. The van der Waals surface area contributed by atoms with Crippen molar-refractivity contribution < 1.29 is 0 Å². The van der Waals surface area contributed by atoms with Crippen molar-refractivity contribution in [1.29, 1.82) is 0 Å². The lowest BCUT2D eigenvalue weighted by Gasteiger charge is -2.20. The Morgan fingerprint density at radius 3 is 2.71 bits per heavy atom. The molecule has 0 radical (unpaired) electrons. The predicted molar refractivity (Wildman–Crippen MR) is 88.9 cm³/mol. The molecule has 1 aromatic heterocycles. The Morgan fingerprint density at radius 2 is 2.00 bits per heavy atom. The molecule has 1 aliphatic heterocycles. The van der Waals surface area contributed by atoms with Gasteiger partial charge in [0.05, 0.1) is 0 Å². The number of nitrogens with one attached hydrogen (secondary N) is 2. The number of likely N-dealkylation sites (tertiary alicyclic amines) is 1. The van der Waals surface area contributed by atoms with Gasteiger partial charge in [0.2, 0.25) is 5.95 Å². The summed E-state index contributed by atoms with van der Waals surface area (Å²) in [6.07, 6.45) is 3.79. The van der Waals surface area contributed by atoms with E-state index in [-0.39, 0.29) is 0 Å². The second-order valence-corrected chi connectivity index (χ2v) is 6.14. The van der Waals surface area contributed by atoms with E-state index < -0.39 is 0 Å². The molecular weight excluding hydrogens is 262 g/mol. The first kappa shape index (κ1) is 16.0. The van der Waals surface area contributed by atoms with E-state index >= 15 is 0 Å². The second kappa shape index (κ2) is 8.17. The van der Waals surface area contributed by atoms with Crippen LogP contribution in [0.25, 0.3) is 0 Å². The highest BCUT2D eigenvalue weighted by Gasteiger charge is 2.14. The Kier molecular flexibility index (Phi) is 6.23. The van der Waals surface area contributed by atoms with Crippen molar-refractivity contribution in [3.63, 3.8) is 0 Å². The third-order valence-electron chi connectivity index (χ3n) is 3.79. The smallest absolute Gasteiger partial charge is 0.224 e. The molecule has 21 heavy (non-hydrogen) atoms. The Balaban J connectivity index is 1.82. The third kappa shape index (κ3) is 5.50. The molecule has 2 rings (SSSR count). The van der Waals surface area contributed by atoms with Gasteiger partial charge in [-0.25, -0.2) is 4.98 Å². The lowest BCUT2D eigenvalue weighted by atomic mass is 10.1. The summed E-state index contributed by atoms with van der Waals surface area (Å²) in [5.74, 6) is 2.28. The summed E-state index contributed by atoms with van der Waals surface area (Å²) in [5.41, 5.74) is 0.998. The predicted octanol–water partition coefficient (Wildman–Crippen LogP) is 2.75. The van der Waals surface area contributed by atoms with E-state index in [4.69, 9.17) is 0 Å². The van der Waals surface area contributed by atoms with Crippen LogP contribution in [0, 0.1) is 12.8 Å². The van der Waals surface area contributed by atoms with Gasteiger partial charge in [0.1, 0.15) is 5.82 Å². The van der Waals surface area contributed by atoms with E-state index in [0.717, 1.165) is 37.0 Å². The molecule has 2 heterocycles. The molecule has 5 heteroatoms. The van der Waals surface area contributed by atoms with Crippen LogP contribution in [0.3, 0.4) is 0 Å². The zero-order valence-electron chi connectivity index (χ0n) is 13.7. The van der Waals surface area contributed by atoms with E-state index in [9.17, 15) is 0 Å². The molecule has 0 spiro atoms. The number of aryl methyl sites for hydroxylation is 1. The summed E-state index contributed by atoms with van der Waals surface area (Å²) >= 11 is 0. The van der Waals surface area contributed by atoms with E-state index in [2.05, 4.69) is 39.3 Å². The minimum Gasteiger partial charge on any atom is -0.370 e. The Labute approximate surface area is 128 Å². The van der Waals surface area contributed by atoms with Crippen molar-refractivity contribution in [2.24, 2.45) is 5.92 Å². The standard InChI is InChI=1S/C16H29N5/c1-4-7-17-16-19-14(3)10-15(20-16)18-11-13(2)12-21-8-5-6-9-21/h10,13H,4-9,11-12H2,1-3H3,(H2,17,18,19,20). The van der Waals surface area contributed by atoms with Crippen LogP contribution < -0.4 is 10.6 Å². The molecule has 1 aliphatic rings. The number of nitrogens with zero attached hydrogens (tertiary/aromatic N) is 3. The van der Waals surface area contributed by atoms with Gasteiger partial charge in [0.25, 0.3) is 0 Å². The molecule has 1 aromatic rings. The Hall–Kier alpha value is -1.36. The first-order valence-corrected chi connectivity index (χ1v) is 8.23. The summed E-state index contributed by atoms with van der Waals surface area (Å²) in [6.45, 7) is 12.0. The van der Waals surface area contributed by atoms with Gasteiger partial charge in [-0.3, -0.25) is 0 Å². The van der Waals surface area contributed by atoms with E-state index in [1.165, 1.54) is 32.5 Å². The van der Waals surface area contributed by atoms with Crippen LogP contribution in [-0.4, -0.2) is 47.6 Å². The number of aromatic nitrogens is 2. The van der Waals surface area contributed by atoms with Crippen molar-refractivity contribution in [2.75, 3.05) is 43.4 Å². The van der Waals surface area contributed by atoms with Gasteiger partial charge in [-0.15, -0.1) is 0 Å². The summed E-state index contributed by atoms with van der Waals surface area (Å²) in [6, 6.07) is 2.01. The maximum absolute atomic E-state index is 4.53. The SMILES string of the molecule is CCCNc1nc(C)cc(NCC(C)CN2CCCC2)n1. The monoisotopic (exact) mass is 291 g/mol. The molecule has 1 unspecified atom stereocenters. The Morgan fingerprint density at radius 1 is 1.24 bits per heavy atom. The molecule has 0 bridgehead atoms. The van der Waals surface area contributed by atoms with Crippen LogP contribution in [0.5, 0.6) is 0 Å². The number of rotatable bonds is 8. The first-order valence-electron chi connectivity index (χ1n) is 8.23. The average Bonchev–Trinajstić information content (AvgIpc) is 2.95. The van der Waals surface area contributed by atoms with E-state index in [0.29, 0.717) is 5.92 Å². The molecule has 0 saturated carbocycles. The van der Waals surface area contributed by atoms with Crippen LogP contribution in [0.2, 0.25) is 0 Å². The molecule has 0 aliphatic carbocycles. The Bertz CT molecular complexity index is 429. The average molecular weight is 291 g/mol. The van der Waals surface area contributed by atoms with Gasteiger partial charge in [-0.05, 0) is 45.2 Å². The van der Waals surface area contributed by atoms with Gasteiger partial charge in [0.15, 0.2) is 0 Å². The maximum Gasteiger partial charge on any atom is 0.224 e. The molecule has 118 valence electrons. The minimum absolute atomic E-state index is 0.630. The molecule has 0 amide bonds. The molecular formula is C16H29N5. The molecule has 5 nitrogen and oxygen atoms in total. The van der Waals surface area contributed by atoms with Crippen LogP contribution in [-0.2, 0) is 0 Å². The molecule has 2 N–H and O–H groups in total. The number of anilines is 2. The highest BCUT2D eigenvalue weighted by atomic mass is 15.2. The zero-order chi connectivity index (χ0) is 15.1. The highest BCUT2D eigenvalue weighted by Crippen LogP contribution is 2.13. The van der Waals surface area contributed by atoms with Gasteiger partial charge < -0.3 is 15.5 Å². The van der Waals surface area contributed by atoms with Gasteiger partial charge in [-0.2, -0.15) is 4.98 Å². The second-order valence-electron chi connectivity index (χ2n) is 6.14. The normalized spacial score (nSPS) is 16.9. The minimum atomic E-state index is 0.630. The van der Waals surface area contributed by atoms with Crippen LogP contribution in [0.15, 0.2) is 6.07 Å². The van der Waals surface area contributed by atoms with Crippen LogP contribution in [0.1, 0.15) is 38.8 Å². The maximum atomic E-state index is 4.53. The lowest BCUT2D eigenvalue weighted by molar-refractivity contribution is 0.294. The number of hydrogen-bond acceptors (Lipinski definition) is 5. The van der Waals surface area contributed by atoms with Crippen LogP contribution in [0.4, 0.5) is 11.8 Å². The van der Waals surface area contributed by atoms with E-state index in [1.807, 2.05) is 13.0 Å². The fraction of sp³-hybridized carbons (Fsp3) is 0.750. The summed E-state index contributed by atoms with van der Waals surface area (Å²) in [7, 11) is 0. The van der Waals surface area contributed by atoms with Gasteiger partial charge >= 0.3 is 0 Å². The summed E-state index contributed by atoms with van der Waals surface area (Å²) in [5, 5.41) is 6.71. The van der Waals surface area contributed by atoms with E-state index in [1.54, 1.807) is 0 Å². The lowest BCUT2D eigenvalue weighted by Crippen LogP contribution is -2.29. The van der Waals surface area contributed by atoms with Crippen LogP contribution >= 0.6 is 0 Å². The topological polar surface area (TPSA) is 53.1 Å². The molecule has 1 atom stereocenters. The molecule has 1 saturated heterocycles. The van der Waals surface area contributed by atoms with Gasteiger partial charge in [0, 0.05) is 31.4 Å². The number of hydrogen-bond donors (Lipinski definition) is 2. The van der Waals surface area contributed by atoms with Crippen molar-refractivity contribution in [3.8, 4) is 0 Å². The summed E-state index contributed by atoms with van der Waals surface area (Å²) < 4.78 is 0. The third-order valence-corrected chi connectivity index (χ3v) is 3.79. The molecule has 0 aromatic carbocycles. The largest absolute Gasteiger partial charge is 0.370 e. The fourth-order valence-electron chi connectivity index (χ4n) is 2.72. The summed E-state index contributed by atoms with van der Waals surface area (Å²) in [4.78, 5) is 11.5. The van der Waals surface area contributed by atoms with Crippen molar-refractivity contribution >= 4 is 11.8 Å². The quantitative estimate of drug-likeness (QED) is 0.771. The van der Waals surface area contributed by atoms with Crippen molar-refractivity contribution in [1.82, 2.24) is 14.9 Å². The molecule has 1 fully saturated rings. The first-order chi connectivity index (χ1) is 10.2. The zero-order valence-corrected chi connectivity index (χ0v) is 13.7.